The SMILES string of the molecule is CC(CN1CCNCC1)C(=O)c1cccc(F)c1. The van der Waals surface area contributed by atoms with E-state index in [0.717, 1.165) is 32.7 Å². The molecule has 3 nitrogen and oxygen atoms in total. The highest BCUT2D eigenvalue weighted by Gasteiger charge is 2.19. The average Bonchev–Trinajstić information content (AvgIpc) is 2.39. The first-order valence-corrected chi connectivity index (χ1v) is 6.39. The molecule has 1 N–H and O–H groups in total. The second-order valence-corrected chi connectivity index (χ2v) is 4.83. The second-order valence-electron chi connectivity index (χ2n) is 4.83. The van der Waals surface area contributed by atoms with Crippen molar-refractivity contribution in [2.45, 2.75) is 6.92 Å². The van der Waals surface area contributed by atoms with Crippen molar-refractivity contribution in [2.24, 2.45) is 5.92 Å². The first-order valence-electron chi connectivity index (χ1n) is 6.39. The minimum absolute atomic E-state index is 0.0213. The Labute approximate surface area is 107 Å². The summed E-state index contributed by atoms with van der Waals surface area (Å²) in [4.78, 5) is 14.4. The maximum atomic E-state index is 13.1. The third-order valence-corrected chi connectivity index (χ3v) is 3.30. The summed E-state index contributed by atoms with van der Waals surface area (Å²) in [5.41, 5.74) is 0.470. The molecule has 2 rings (SSSR count). The molecule has 0 radical (unpaired) electrons. The standard InChI is InChI=1S/C14H19FN2O/c1-11(10-17-7-5-16-6-8-17)14(18)12-3-2-4-13(15)9-12/h2-4,9,11,16H,5-8,10H2,1H3. The average molecular weight is 250 g/mol. The summed E-state index contributed by atoms with van der Waals surface area (Å²) in [6.07, 6.45) is 0. The van der Waals surface area contributed by atoms with E-state index >= 15 is 0 Å². The molecule has 0 spiro atoms. The number of carbonyl (C=O) groups is 1. The Balaban J connectivity index is 1.95. The summed E-state index contributed by atoms with van der Waals surface area (Å²) in [5, 5.41) is 3.28. The van der Waals surface area contributed by atoms with E-state index in [1.54, 1.807) is 12.1 Å². The number of hydrogen-bond acceptors (Lipinski definition) is 3. The molecule has 0 aromatic heterocycles. The smallest absolute Gasteiger partial charge is 0.167 e. The van der Waals surface area contributed by atoms with Gasteiger partial charge in [0.15, 0.2) is 5.78 Å². The zero-order valence-corrected chi connectivity index (χ0v) is 10.7. The number of piperazine rings is 1. The lowest BCUT2D eigenvalue weighted by molar-refractivity contribution is 0.0887. The quantitative estimate of drug-likeness (QED) is 0.823. The van der Waals surface area contributed by atoms with Crippen LogP contribution in [0.4, 0.5) is 4.39 Å². The number of ketones is 1. The Morgan fingerprint density at radius 1 is 1.44 bits per heavy atom. The van der Waals surface area contributed by atoms with Crippen molar-refractivity contribution in [2.75, 3.05) is 32.7 Å². The molecule has 1 aromatic rings. The highest BCUT2D eigenvalue weighted by Crippen LogP contribution is 2.12. The molecule has 0 aliphatic carbocycles. The topological polar surface area (TPSA) is 32.3 Å². The molecule has 1 heterocycles. The number of carbonyl (C=O) groups excluding carboxylic acids is 1. The predicted molar refractivity (Wildman–Crippen MR) is 69.2 cm³/mol. The maximum Gasteiger partial charge on any atom is 0.167 e. The third kappa shape index (κ3) is 3.37. The van der Waals surface area contributed by atoms with E-state index in [1.165, 1.54) is 12.1 Å². The van der Waals surface area contributed by atoms with Crippen LogP contribution in [-0.2, 0) is 0 Å². The molecule has 1 unspecified atom stereocenters. The van der Waals surface area contributed by atoms with Crippen LogP contribution in [0.5, 0.6) is 0 Å². The van der Waals surface area contributed by atoms with Crippen molar-refractivity contribution in [3.8, 4) is 0 Å². The van der Waals surface area contributed by atoms with Crippen molar-refractivity contribution >= 4 is 5.78 Å². The van der Waals surface area contributed by atoms with Gasteiger partial charge in [-0.05, 0) is 12.1 Å². The maximum absolute atomic E-state index is 13.1. The summed E-state index contributed by atoms with van der Waals surface area (Å²) in [7, 11) is 0. The van der Waals surface area contributed by atoms with Crippen LogP contribution < -0.4 is 5.32 Å². The van der Waals surface area contributed by atoms with Gasteiger partial charge in [0.2, 0.25) is 0 Å². The summed E-state index contributed by atoms with van der Waals surface area (Å²) in [6, 6.07) is 5.94. The predicted octanol–water partition coefficient (Wildman–Crippen LogP) is 1.55. The minimum atomic E-state index is -0.352. The van der Waals surface area contributed by atoms with Gasteiger partial charge in [-0.25, -0.2) is 4.39 Å². The van der Waals surface area contributed by atoms with Crippen LogP contribution in [0.1, 0.15) is 17.3 Å². The Bertz CT molecular complexity index is 416. The van der Waals surface area contributed by atoms with E-state index in [4.69, 9.17) is 0 Å². The molecule has 98 valence electrons. The molecule has 0 amide bonds. The lowest BCUT2D eigenvalue weighted by atomic mass is 9.98. The Morgan fingerprint density at radius 3 is 2.83 bits per heavy atom. The van der Waals surface area contributed by atoms with Gasteiger partial charge in [-0.1, -0.05) is 19.1 Å². The molecule has 1 aliphatic heterocycles. The molecule has 4 heteroatoms. The van der Waals surface area contributed by atoms with Crippen molar-refractivity contribution in [1.82, 2.24) is 10.2 Å². The fourth-order valence-electron chi connectivity index (χ4n) is 2.29. The van der Waals surface area contributed by atoms with Crippen LogP contribution in [0, 0.1) is 11.7 Å². The highest BCUT2D eigenvalue weighted by molar-refractivity contribution is 5.97. The molecule has 1 saturated heterocycles. The number of halogens is 1. The molecule has 1 fully saturated rings. The summed E-state index contributed by atoms with van der Waals surface area (Å²) < 4.78 is 13.1. The van der Waals surface area contributed by atoms with E-state index in [2.05, 4.69) is 10.2 Å². The van der Waals surface area contributed by atoms with Crippen LogP contribution in [0.2, 0.25) is 0 Å². The monoisotopic (exact) mass is 250 g/mol. The summed E-state index contributed by atoms with van der Waals surface area (Å²) >= 11 is 0. The normalized spacial score (nSPS) is 18.6. The van der Waals surface area contributed by atoms with Crippen LogP contribution >= 0.6 is 0 Å². The van der Waals surface area contributed by atoms with E-state index < -0.39 is 0 Å². The van der Waals surface area contributed by atoms with Gasteiger partial charge >= 0.3 is 0 Å². The molecule has 1 atom stereocenters. The van der Waals surface area contributed by atoms with Crippen LogP contribution in [0.15, 0.2) is 24.3 Å². The molecule has 0 bridgehead atoms. The largest absolute Gasteiger partial charge is 0.314 e. The van der Waals surface area contributed by atoms with Crippen molar-refractivity contribution in [3.05, 3.63) is 35.6 Å². The first-order chi connectivity index (χ1) is 8.66. The van der Waals surface area contributed by atoms with Gasteiger partial charge in [0.05, 0.1) is 0 Å². The van der Waals surface area contributed by atoms with Gasteiger partial charge in [-0.2, -0.15) is 0 Å². The van der Waals surface area contributed by atoms with Gasteiger partial charge in [0.1, 0.15) is 5.82 Å². The number of hydrogen-bond donors (Lipinski definition) is 1. The van der Waals surface area contributed by atoms with Crippen molar-refractivity contribution in [1.29, 1.82) is 0 Å². The van der Waals surface area contributed by atoms with Crippen LogP contribution in [0.25, 0.3) is 0 Å². The number of rotatable bonds is 4. The van der Waals surface area contributed by atoms with Gasteiger partial charge in [-0.3, -0.25) is 4.79 Å². The fraction of sp³-hybridized carbons (Fsp3) is 0.500. The molecule has 1 aromatic carbocycles. The van der Waals surface area contributed by atoms with E-state index in [9.17, 15) is 9.18 Å². The number of nitrogens with zero attached hydrogens (tertiary/aromatic N) is 1. The zero-order valence-electron chi connectivity index (χ0n) is 10.7. The first kappa shape index (κ1) is 13.2. The minimum Gasteiger partial charge on any atom is -0.314 e. The molecule has 0 saturated carbocycles. The van der Waals surface area contributed by atoms with Crippen molar-refractivity contribution < 1.29 is 9.18 Å². The van der Waals surface area contributed by atoms with Gasteiger partial charge < -0.3 is 10.2 Å². The van der Waals surface area contributed by atoms with Gasteiger partial charge in [0, 0.05) is 44.2 Å². The lowest BCUT2D eigenvalue weighted by Gasteiger charge is -2.29. The highest BCUT2D eigenvalue weighted by atomic mass is 19.1. The number of Topliss-reactive ketones (excluding diaryl/α,β-unsaturated/α-hetero) is 1. The molecular formula is C14H19FN2O. The molecule has 1 aliphatic rings. The fourth-order valence-corrected chi connectivity index (χ4v) is 2.29. The van der Waals surface area contributed by atoms with Gasteiger partial charge in [-0.15, -0.1) is 0 Å². The number of nitrogens with one attached hydrogen (secondary N) is 1. The molecular weight excluding hydrogens is 231 g/mol. The van der Waals surface area contributed by atoms with Crippen LogP contribution in [0.3, 0.4) is 0 Å². The Hall–Kier alpha value is -1.26. The zero-order chi connectivity index (χ0) is 13.0. The molecule has 18 heavy (non-hydrogen) atoms. The second kappa shape index (κ2) is 6.07. The Morgan fingerprint density at radius 2 is 2.17 bits per heavy atom. The summed E-state index contributed by atoms with van der Waals surface area (Å²) in [5.74, 6) is -0.423. The van der Waals surface area contributed by atoms with E-state index in [-0.39, 0.29) is 17.5 Å². The number of benzene rings is 1. The van der Waals surface area contributed by atoms with Crippen LogP contribution in [-0.4, -0.2) is 43.4 Å². The third-order valence-electron chi connectivity index (χ3n) is 3.30. The summed E-state index contributed by atoms with van der Waals surface area (Å²) in [6.45, 7) is 6.55. The van der Waals surface area contributed by atoms with Gasteiger partial charge in [0.25, 0.3) is 0 Å². The Kier molecular flexibility index (Phi) is 4.44. The van der Waals surface area contributed by atoms with E-state index in [1.807, 2.05) is 6.92 Å². The van der Waals surface area contributed by atoms with Crippen molar-refractivity contribution in [3.63, 3.8) is 0 Å². The lowest BCUT2D eigenvalue weighted by Crippen LogP contribution is -2.45. The van der Waals surface area contributed by atoms with E-state index in [0.29, 0.717) is 5.56 Å².